The maximum Gasteiger partial charge on any atom is 0.305 e. The van der Waals surface area contributed by atoms with Crippen molar-refractivity contribution in [2.45, 2.75) is 33.2 Å². The number of rotatable bonds is 4. The molecule has 122 valence electrons. The van der Waals surface area contributed by atoms with Crippen LogP contribution in [0.2, 0.25) is 5.02 Å². The number of halogens is 2. The Morgan fingerprint density at radius 1 is 1.22 bits per heavy atom. The molecule has 0 spiro atoms. The number of hydrogen-bond acceptors (Lipinski definition) is 2. The summed E-state index contributed by atoms with van der Waals surface area (Å²) < 4.78 is 14.3. The highest BCUT2D eigenvalue weighted by Crippen LogP contribution is 2.34. The van der Waals surface area contributed by atoms with Crippen LogP contribution in [0.1, 0.15) is 34.7 Å². The Kier molecular flexibility index (Phi) is 5.07. The van der Waals surface area contributed by atoms with E-state index in [-0.39, 0.29) is 17.0 Å². The van der Waals surface area contributed by atoms with Gasteiger partial charge in [0, 0.05) is 11.6 Å². The third-order valence-corrected chi connectivity index (χ3v) is 4.09. The van der Waals surface area contributed by atoms with E-state index in [1.54, 1.807) is 12.1 Å². The lowest BCUT2D eigenvalue weighted by Gasteiger charge is -2.17. The lowest BCUT2D eigenvalue weighted by Crippen LogP contribution is -2.16. The first-order chi connectivity index (χ1) is 10.7. The van der Waals surface area contributed by atoms with Gasteiger partial charge in [-0.3, -0.25) is 4.79 Å². The van der Waals surface area contributed by atoms with Gasteiger partial charge >= 0.3 is 5.97 Å². The lowest BCUT2D eigenvalue weighted by molar-refractivity contribution is -0.137. The molecule has 0 saturated heterocycles. The van der Waals surface area contributed by atoms with Gasteiger partial charge < -0.3 is 10.8 Å². The van der Waals surface area contributed by atoms with Crippen LogP contribution in [0.5, 0.6) is 0 Å². The molecule has 0 bridgehead atoms. The van der Waals surface area contributed by atoms with E-state index in [0.29, 0.717) is 0 Å². The average Bonchev–Trinajstić information content (AvgIpc) is 2.40. The van der Waals surface area contributed by atoms with Crippen LogP contribution in [-0.4, -0.2) is 11.1 Å². The molecule has 0 amide bonds. The van der Waals surface area contributed by atoms with Gasteiger partial charge in [-0.2, -0.15) is 0 Å². The first-order valence-electron chi connectivity index (χ1n) is 7.25. The van der Waals surface area contributed by atoms with Crippen LogP contribution in [0, 0.1) is 26.6 Å². The van der Waals surface area contributed by atoms with Gasteiger partial charge in [0.2, 0.25) is 0 Å². The topological polar surface area (TPSA) is 63.3 Å². The Morgan fingerprint density at radius 3 is 2.30 bits per heavy atom. The van der Waals surface area contributed by atoms with Crippen molar-refractivity contribution in [3.63, 3.8) is 0 Å². The molecular formula is C18H19ClFNO2. The van der Waals surface area contributed by atoms with Crippen molar-refractivity contribution in [3.8, 4) is 11.1 Å². The van der Waals surface area contributed by atoms with E-state index in [1.165, 1.54) is 0 Å². The van der Waals surface area contributed by atoms with Crippen LogP contribution >= 0.6 is 11.6 Å². The summed E-state index contributed by atoms with van der Waals surface area (Å²) in [7, 11) is 0. The van der Waals surface area contributed by atoms with Crippen LogP contribution in [0.4, 0.5) is 4.39 Å². The Balaban J connectivity index is 2.62. The molecule has 0 fully saturated rings. The SMILES string of the molecule is Cc1cc(C)c(-c2cc(Cl)c(F)c(C(N)CC(=O)O)c2)c(C)c1. The van der Waals surface area contributed by atoms with Gasteiger partial charge in [-0.25, -0.2) is 4.39 Å². The highest BCUT2D eigenvalue weighted by Gasteiger charge is 2.20. The average molecular weight is 336 g/mol. The van der Waals surface area contributed by atoms with Crippen molar-refractivity contribution < 1.29 is 14.3 Å². The van der Waals surface area contributed by atoms with Crippen LogP contribution in [-0.2, 0) is 4.79 Å². The largest absolute Gasteiger partial charge is 0.481 e. The molecule has 0 radical (unpaired) electrons. The van der Waals surface area contributed by atoms with Crippen LogP contribution in [0.15, 0.2) is 24.3 Å². The summed E-state index contributed by atoms with van der Waals surface area (Å²) in [6.07, 6.45) is -0.359. The number of aryl methyl sites for hydroxylation is 3. The second kappa shape index (κ2) is 6.69. The smallest absolute Gasteiger partial charge is 0.305 e. The fraction of sp³-hybridized carbons (Fsp3) is 0.278. The van der Waals surface area contributed by atoms with Gasteiger partial charge in [-0.1, -0.05) is 29.3 Å². The zero-order valence-corrected chi connectivity index (χ0v) is 14.0. The minimum atomic E-state index is -1.08. The Morgan fingerprint density at radius 2 is 1.78 bits per heavy atom. The highest BCUT2D eigenvalue weighted by molar-refractivity contribution is 6.31. The predicted molar refractivity (Wildman–Crippen MR) is 90.2 cm³/mol. The summed E-state index contributed by atoms with van der Waals surface area (Å²) in [5.74, 6) is -1.74. The van der Waals surface area contributed by atoms with Crippen molar-refractivity contribution in [1.29, 1.82) is 0 Å². The quantitative estimate of drug-likeness (QED) is 0.861. The van der Waals surface area contributed by atoms with Gasteiger partial charge in [0.15, 0.2) is 0 Å². The minimum absolute atomic E-state index is 0.0577. The molecular weight excluding hydrogens is 317 g/mol. The first-order valence-corrected chi connectivity index (χ1v) is 7.63. The van der Waals surface area contributed by atoms with Crippen LogP contribution in [0.3, 0.4) is 0 Å². The molecule has 23 heavy (non-hydrogen) atoms. The van der Waals surface area contributed by atoms with Crippen molar-refractivity contribution in [1.82, 2.24) is 0 Å². The van der Waals surface area contributed by atoms with E-state index < -0.39 is 17.8 Å². The molecule has 0 aliphatic carbocycles. The zero-order valence-electron chi connectivity index (χ0n) is 13.3. The molecule has 3 N–H and O–H groups in total. The van der Waals surface area contributed by atoms with Gasteiger partial charge in [-0.15, -0.1) is 0 Å². The minimum Gasteiger partial charge on any atom is -0.481 e. The molecule has 0 aliphatic rings. The van der Waals surface area contributed by atoms with Crippen molar-refractivity contribution in [2.24, 2.45) is 5.73 Å². The first kappa shape index (κ1) is 17.4. The van der Waals surface area contributed by atoms with Gasteiger partial charge in [0.05, 0.1) is 11.4 Å². The standard InChI is InChI=1S/C18H19ClFNO2/c1-9-4-10(2)17(11(3)5-9)12-6-13(15(21)8-16(22)23)18(20)14(19)7-12/h4-7,15H,8,21H2,1-3H3,(H,22,23). The Hall–Kier alpha value is -1.91. The van der Waals surface area contributed by atoms with Crippen molar-refractivity contribution in [3.05, 3.63) is 57.4 Å². The summed E-state index contributed by atoms with van der Waals surface area (Å²) in [6.45, 7) is 5.96. The molecule has 2 aromatic carbocycles. The maximum absolute atomic E-state index is 14.3. The van der Waals surface area contributed by atoms with Gasteiger partial charge in [0.25, 0.3) is 0 Å². The van der Waals surface area contributed by atoms with Crippen LogP contribution < -0.4 is 5.73 Å². The summed E-state index contributed by atoms with van der Waals surface area (Å²) >= 11 is 6.01. The molecule has 1 atom stereocenters. The van der Waals surface area contributed by atoms with Crippen molar-refractivity contribution >= 4 is 17.6 Å². The van der Waals surface area contributed by atoms with E-state index in [2.05, 4.69) is 0 Å². The second-order valence-electron chi connectivity index (χ2n) is 5.84. The highest BCUT2D eigenvalue weighted by atomic mass is 35.5. The maximum atomic E-state index is 14.3. The molecule has 0 aliphatic heterocycles. The molecule has 1 unspecified atom stereocenters. The summed E-state index contributed by atoms with van der Waals surface area (Å²) in [4.78, 5) is 10.8. The molecule has 0 aromatic heterocycles. The molecule has 0 saturated carbocycles. The number of carbonyl (C=O) groups is 1. The second-order valence-corrected chi connectivity index (χ2v) is 6.25. The van der Waals surface area contributed by atoms with E-state index in [0.717, 1.165) is 27.8 Å². The Bertz CT molecular complexity index is 751. The third-order valence-electron chi connectivity index (χ3n) is 3.82. The number of aliphatic carboxylic acids is 1. The number of nitrogens with two attached hydrogens (primary N) is 1. The zero-order chi connectivity index (χ0) is 17.3. The number of carboxylic acid groups (broad SMARTS) is 1. The molecule has 2 rings (SSSR count). The van der Waals surface area contributed by atoms with E-state index in [4.69, 9.17) is 22.4 Å². The van der Waals surface area contributed by atoms with Crippen molar-refractivity contribution in [2.75, 3.05) is 0 Å². The number of benzene rings is 2. The van der Waals surface area contributed by atoms with Gasteiger partial charge in [0.1, 0.15) is 5.82 Å². The lowest BCUT2D eigenvalue weighted by atomic mass is 9.91. The monoisotopic (exact) mass is 335 g/mol. The predicted octanol–water partition coefficient (Wildman–Crippen LogP) is 4.55. The van der Waals surface area contributed by atoms with E-state index in [1.807, 2.05) is 32.9 Å². The molecule has 0 heterocycles. The number of hydrogen-bond donors (Lipinski definition) is 2. The normalized spacial score (nSPS) is 12.3. The summed E-state index contributed by atoms with van der Waals surface area (Å²) in [5, 5.41) is 8.82. The van der Waals surface area contributed by atoms with Gasteiger partial charge in [-0.05, 0) is 55.2 Å². The van der Waals surface area contributed by atoms with E-state index in [9.17, 15) is 9.18 Å². The summed E-state index contributed by atoms with van der Waals surface area (Å²) in [5.41, 5.74) is 10.9. The fourth-order valence-corrected chi connectivity index (χ4v) is 3.18. The van der Waals surface area contributed by atoms with E-state index >= 15 is 0 Å². The Labute approximate surface area is 139 Å². The molecule has 2 aromatic rings. The van der Waals surface area contributed by atoms with Crippen LogP contribution in [0.25, 0.3) is 11.1 Å². The molecule has 3 nitrogen and oxygen atoms in total. The molecule has 5 heteroatoms. The fourth-order valence-electron chi connectivity index (χ4n) is 2.96. The summed E-state index contributed by atoms with van der Waals surface area (Å²) in [6, 6.07) is 6.28. The third kappa shape index (κ3) is 3.71. The number of carboxylic acids is 1.